The van der Waals surface area contributed by atoms with Crippen LogP contribution in [0.1, 0.15) is 11.1 Å². The van der Waals surface area contributed by atoms with Gasteiger partial charge in [-0.05, 0) is 48.5 Å². The molecule has 0 aliphatic heterocycles. The lowest BCUT2D eigenvalue weighted by Crippen LogP contribution is -1.77. The van der Waals surface area contributed by atoms with Gasteiger partial charge in [-0.25, -0.2) is 4.39 Å². The Morgan fingerprint density at radius 1 is 0.667 bits per heavy atom. The van der Waals surface area contributed by atoms with E-state index in [2.05, 4.69) is 27.8 Å². The number of halogens is 1. The van der Waals surface area contributed by atoms with Crippen molar-refractivity contribution in [2.24, 2.45) is 9.98 Å². The van der Waals surface area contributed by atoms with Gasteiger partial charge in [0, 0.05) is 5.56 Å². The van der Waals surface area contributed by atoms with E-state index in [4.69, 9.17) is 0 Å². The quantitative estimate of drug-likeness (QED) is 0.449. The molecule has 0 unspecified atom stereocenters. The Morgan fingerprint density at radius 2 is 1.38 bits per heavy atom. The fourth-order valence-corrected chi connectivity index (χ4v) is 1.99. The highest BCUT2D eigenvalue weighted by atomic mass is 19.1. The molecule has 0 aromatic heterocycles. The van der Waals surface area contributed by atoms with Crippen LogP contribution in [-0.4, -0.2) is 6.01 Å². The predicted molar refractivity (Wildman–Crippen MR) is 94.4 cm³/mol. The third kappa shape index (κ3) is 4.27. The zero-order valence-electron chi connectivity index (χ0n) is 12.8. The van der Waals surface area contributed by atoms with Crippen molar-refractivity contribution in [2.45, 2.75) is 0 Å². The molecule has 0 amide bonds. The van der Waals surface area contributed by atoms with Gasteiger partial charge in [0.15, 0.2) is 0 Å². The summed E-state index contributed by atoms with van der Waals surface area (Å²) in [4.78, 5) is 8.29. The zero-order valence-corrected chi connectivity index (χ0v) is 12.8. The van der Waals surface area contributed by atoms with Crippen LogP contribution in [0.4, 0.5) is 15.8 Å². The van der Waals surface area contributed by atoms with Gasteiger partial charge in [-0.15, -0.1) is 0 Å². The normalized spacial score (nSPS) is 9.38. The molecule has 0 radical (unpaired) electrons. The molecule has 3 aromatic rings. The summed E-state index contributed by atoms with van der Waals surface area (Å²) in [6, 6.07) is 25.8. The SMILES string of the molecule is Fc1ccc(N=C=Nc2ccccc2C#Cc2ccccc2)cc1. The average Bonchev–Trinajstić information content (AvgIpc) is 2.63. The second-order valence-corrected chi connectivity index (χ2v) is 4.93. The summed E-state index contributed by atoms with van der Waals surface area (Å²) in [7, 11) is 0. The van der Waals surface area contributed by atoms with E-state index in [9.17, 15) is 4.39 Å². The standard InChI is InChI=1S/C21H13FN2/c22-19-12-14-20(15-13-19)23-16-24-21-9-5-4-8-18(21)11-10-17-6-2-1-3-7-17/h1-9,12-15H. The first-order chi connectivity index (χ1) is 11.8. The van der Waals surface area contributed by atoms with Crippen molar-refractivity contribution in [1.29, 1.82) is 0 Å². The fraction of sp³-hybridized carbons (Fsp3) is 0. The Kier molecular flexibility index (Phi) is 4.94. The summed E-state index contributed by atoms with van der Waals surface area (Å²) in [5, 5.41) is 0. The summed E-state index contributed by atoms with van der Waals surface area (Å²) in [6.07, 6.45) is 0. The largest absolute Gasteiger partial charge is 0.207 e. The minimum absolute atomic E-state index is 0.299. The van der Waals surface area contributed by atoms with E-state index in [1.807, 2.05) is 54.6 Å². The van der Waals surface area contributed by atoms with E-state index in [0.717, 1.165) is 11.1 Å². The molecule has 0 N–H and O–H groups in total. The van der Waals surface area contributed by atoms with E-state index in [0.29, 0.717) is 11.4 Å². The Labute approximate surface area is 140 Å². The molecular weight excluding hydrogens is 299 g/mol. The summed E-state index contributed by atoms with van der Waals surface area (Å²) in [6.45, 7) is 0. The summed E-state index contributed by atoms with van der Waals surface area (Å²) in [5.74, 6) is 5.92. The van der Waals surface area contributed by atoms with Crippen LogP contribution in [0.15, 0.2) is 88.8 Å². The van der Waals surface area contributed by atoms with E-state index >= 15 is 0 Å². The maximum absolute atomic E-state index is 12.9. The smallest absolute Gasteiger partial charge is 0.123 e. The molecule has 3 heteroatoms. The van der Waals surface area contributed by atoms with E-state index < -0.39 is 0 Å². The Balaban J connectivity index is 1.86. The van der Waals surface area contributed by atoms with Crippen molar-refractivity contribution >= 4 is 17.4 Å². The van der Waals surface area contributed by atoms with Gasteiger partial charge in [0.2, 0.25) is 0 Å². The van der Waals surface area contributed by atoms with E-state index in [-0.39, 0.29) is 5.82 Å². The molecule has 0 bridgehead atoms. The number of para-hydroxylation sites is 1. The van der Waals surface area contributed by atoms with Crippen molar-refractivity contribution in [1.82, 2.24) is 0 Å². The van der Waals surface area contributed by atoms with E-state index in [1.54, 1.807) is 12.1 Å². The van der Waals surface area contributed by atoms with Crippen LogP contribution in [0.3, 0.4) is 0 Å². The van der Waals surface area contributed by atoms with Gasteiger partial charge in [0.05, 0.1) is 16.9 Å². The van der Waals surface area contributed by atoms with Gasteiger partial charge in [-0.1, -0.05) is 42.2 Å². The molecule has 0 fully saturated rings. The van der Waals surface area contributed by atoms with Gasteiger partial charge in [-0.3, -0.25) is 0 Å². The first-order valence-corrected chi connectivity index (χ1v) is 7.39. The number of hydrogen-bond donors (Lipinski definition) is 0. The average molecular weight is 312 g/mol. The van der Waals surface area contributed by atoms with Gasteiger partial charge in [0.1, 0.15) is 11.8 Å². The molecule has 3 aromatic carbocycles. The maximum Gasteiger partial charge on any atom is 0.123 e. The number of nitrogens with zero attached hydrogens (tertiary/aromatic N) is 2. The van der Waals surface area contributed by atoms with Gasteiger partial charge >= 0.3 is 0 Å². The van der Waals surface area contributed by atoms with Crippen LogP contribution >= 0.6 is 0 Å². The molecule has 3 rings (SSSR count). The van der Waals surface area contributed by atoms with Gasteiger partial charge in [0.25, 0.3) is 0 Å². The third-order valence-corrected chi connectivity index (χ3v) is 3.20. The molecule has 0 saturated carbocycles. The summed E-state index contributed by atoms with van der Waals surface area (Å²) >= 11 is 0. The van der Waals surface area contributed by atoms with Crippen molar-refractivity contribution < 1.29 is 4.39 Å². The predicted octanol–water partition coefficient (Wildman–Crippen LogP) is 5.36. The van der Waals surface area contributed by atoms with Crippen LogP contribution < -0.4 is 0 Å². The lowest BCUT2D eigenvalue weighted by molar-refractivity contribution is 0.628. The number of aliphatic imine (C=N–C) groups is 2. The van der Waals surface area contributed by atoms with Crippen LogP contribution in [-0.2, 0) is 0 Å². The molecule has 114 valence electrons. The lowest BCUT2D eigenvalue weighted by atomic mass is 10.1. The van der Waals surface area contributed by atoms with Crippen molar-refractivity contribution in [3.05, 3.63) is 95.8 Å². The molecule has 24 heavy (non-hydrogen) atoms. The second-order valence-electron chi connectivity index (χ2n) is 4.93. The van der Waals surface area contributed by atoms with Crippen LogP contribution in [0.2, 0.25) is 0 Å². The minimum atomic E-state index is -0.299. The topological polar surface area (TPSA) is 24.7 Å². The fourth-order valence-electron chi connectivity index (χ4n) is 1.99. The number of rotatable bonds is 2. The van der Waals surface area contributed by atoms with Crippen molar-refractivity contribution in [2.75, 3.05) is 0 Å². The molecular formula is C21H13FN2. The third-order valence-electron chi connectivity index (χ3n) is 3.20. The minimum Gasteiger partial charge on any atom is -0.207 e. The Bertz CT molecular complexity index is 942. The van der Waals surface area contributed by atoms with Crippen LogP contribution in [0.5, 0.6) is 0 Å². The molecule has 0 atom stereocenters. The van der Waals surface area contributed by atoms with Crippen molar-refractivity contribution in [3.8, 4) is 11.8 Å². The highest BCUT2D eigenvalue weighted by Crippen LogP contribution is 2.17. The monoisotopic (exact) mass is 312 g/mol. The molecule has 0 spiro atoms. The zero-order chi connectivity index (χ0) is 16.6. The molecule has 2 nitrogen and oxygen atoms in total. The van der Waals surface area contributed by atoms with Crippen molar-refractivity contribution in [3.63, 3.8) is 0 Å². The Hall–Kier alpha value is -3.47. The number of benzene rings is 3. The molecule has 0 aliphatic carbocycles. The molecule has 0 saturated heterocycles. The summed E-state index contributed by atoms with van der Waals surface area (Å²) < 4.78 is 12.9. The molecule has 0 heterocycles. The van der Waals surface area contributed by atoms with Crippen LogP contribution in [0, 0.1) is 17.7 Å². The van der Waals surface area contributed by atoms with E-state index in [1.165, 1.54) is 12.1 Å². The highest BCUT2D eigenvalue weighted by molar-refractivity contribution is 5.63. The Morgan fingerprint density at radius 3 is 2.17 bits per heavy atom. The molecule has 0 aliphatic rings. The highest BCUT2D eigenvalue weighted by Gasteiger charge is 1.95. The number of hydrogen-bond acceptors (Lipinski definition) is 2. The van der Waals surface area contributed by atoms with Gasteiger partial charge < -0.3 is 0 Å². The van der Waals surface area contributed by atoms with Gasteiger partial charge in [-0.2, -0.15) is 9.98 Å². The first-order valence-electron chi connectivity index (χ1n) is 7.39. The lowest BCUT2D eigenvalue weighted by Gasteiger charge is -1.95. The maximum atomic E-state index is 12.9. The van der Waals surface area contributed by atoms with Crippen LogP contribution in [0.25, 0.3) is 0 Å². The summed E-state index contributed by atoms with van der Waals surface area (Å²) in [5.41, 5.74) is 3.01. The second kappa shape index (κ2) is 7.69. The first kappa shape index (κ1) is 15.4.